The number of hydrogen-bond donors (Lipinski definition) is 2. The van der Waals surface area contributed by atoms with Crippen LogP contribution in [-0.4, -0.2) is 22.5 Å². The van der Waals surface area contributed by atoms with Crippen molar-refractivity contribution >= 4 is 17.6 Å². The lowest BCUT2D eigenvalue weighted by Crippen LogP contribution is -2.31. The van der Waals surface area contributed by atoms with E-state index in [2.05, 4.69) is 6.58 Å². The third kappa shape index (κ3) is 18.4. The van der Waals surface area contributed by atoms with Crippen molar-refractivity contribution in [2.24, 2.45) is 5.73 Å². The SMILES string of the molecule is C=C(C)C(=O)O.CC(C)(N)CCCl. The number of carboxylic acid groups (broad SMARTS) is 1. The minimum atomic E-state index is -0.935. The van der Waals surface area contributed by atoms with E-state index in [0.717, 1.165) is 6.42 Å². The van der Waals surface area contributed by atoms with Gasteiger partial charge in [-0.3, -0.25) is 0 Å². The Morgan fingerprint density at radius 3 is 1.92 bits per heavy atom. The maximum Gasteiger partial charge on any atom is 0.330 e. The van der Waals surface area contributed by atoms with Crippen molar-refractivity contribution in [3.63, 3.8) is 0 Å². The molecule has 0 spiro atoms. The molecule has 0 unspecified atom stereocenters. The molecule has 0 rings (SSSR count). The molecule has 0 aliphatic rings. The Bertz CT molecular complexity index is 161. The molecule has 0 aromatic rings. The monoisotopic (exact) mass is 207 g/mol. The van der Waals surface area contributed by atoms with Gasteiger partial charge in [-0.1, -0.05) is 6.58 Å². The van der Waals surface area contributed by atoms with Crippen LogP contribution in [0.5, 0.6) is 0 Å². The minimum absolute atomic E-state index is 0.0816. The lowest BCUT2D eigenvalue weighted by Gasteiger charge is -2.14. The van der Waals surface area contributed by atoms with Gasteiger partial charge >= 0.3 is 5.97 Å². The van der Waals surface area contributed by atoms with Crippen LogP contribution in [0.2, 0.25) is 0 Å². The molecule has 3 nitrogen and oxygen atoms in total. The summed E-state index contributed by atoms with van der Waals surface area (Å²) in [5.41, 5.74) is 5.66. The van der Waals surface area contributed by atoms with Gasteiger partial charge in [-0.25, -0.2) is 4.79 Å². The molecule has 0 heterocycles. The molecule has 0 fully saturated rings. The Morgan fingerprint density at radius 1 is 1.62 bits per heavy atom. The Kier molecular flexibility index (Phi) is 7.96. The Morgan fingerprint density at radius 2 is 1.92 bits per heavy atom. The number of aliphatic carboxylic acids is 1. The summed E-state index contributed by atoms with van der Waals surface area (Å²) in [5.74, 6) is -0.279. The quantitative estimate of drug-likeness (QED) is 0.550. The van der Waals surface area contributed by atoms with Crippen molar-refractivity contribution in [2.75, 3.05) is 5.88 Å². The maximum atomic E-state index is 9.60. The lowest BCUT2D eigenvalue weighted by molar-refractivity contribution is -0.132. The molecular formula is C9H18ClNO2. The average molecular weight is 208 g/mol. The van der Waals surface area contributed by atoms with E-state index in [1.807, 2.05) is 13.8 Å². The van der Waals surface area contributed by atoms with E-state index in [1.165, 1.54) is 6.92 Å². The van der Waals surface area contributed by atoms with Crippen LogP contribution in [-0.2, 0) is 4.79 Å². The molecule has 0 aliphatic carbocycles. The highest BCUT2D eigenvalue weighted by Gasteiger charge is 2.07. The molecule has 4 heteroatoms. The van der Waals surface area contributed by atoms with Gasteiger partial charge in [0.15, 0.2) is 0 Å². The van der Waals surface area contributed by atoms with Gasteiger partial charge in [0.25, 0.3) is 0 Å². The van der Waals surface area contributed by atoms with E-state index in [4.69, 9.17) is 22.4 Å². The fraction of sp³-hybridized carbons (Fsp3) is 0.667. The third-order valence-corrected chi connectivity index (χ3v) is 1.29. The molecule has 0 bridgehead atoms. The second kappa shape index (κ2) is 6.92. The van der Waals surface area contributed by atoms with E-state index in [-0.39, 0.29) is 11.1 Å². The van der Waals surface area contributed by atoms with Crippen LogP contribution in [0.3, 0.4) is 0 Å². The van der Waals surface area contributed by atoms with Crippen LogP contribution in [0, 0.1) is 0 Å². The fourth-order valence-corrected chi connectivity index (χ4v) is 0.731. The van der Waals surface area contributed by atoms with Crippen molar-refractivity contribution in [1.82, 2.24) is 0 Å². The topological polar surface area (TPSA) is 63.3 Å². The molecule has 0 amide bonds. The second-order valence-electron chi connectivity index (χ2n) is 3.51. The maximum absolute atomic E-state index is 9.60. The van der Waals surface area contributed by atoms with Gasteiger partial charge in [0.1, 0.15) is 0 Å². The van der Waals surface area contributed by atoms with Crippen LogP contribution >= 0.6 is 11.6 Å². The van der Waals surface area contributed by atoms with Crippen molar-refractivity contribution in [3.8, 4) is 0 Å². The summed E-state index contributed by atoms with van der Waals surface area (Å²) in [7, 11) is 0. The van der Waals surface area contributed by atoms with Crippen LogP contribution < -0.4 is 5.73 Å². The molecule has 0 aliphatic heterocycles. The predicted octanol–water partition coefficient (Wildman–Crippen LogP) is 2.00. The molecule has 0 aromatic heterocycles. The highest BCUT2D eigenvalue weighted by molar-refractivity contribution is 6.17. The predicted molar refractivity (Wildman–Crippen MR) is 56.1 cm³/mol. The summed E-state index contributed by atoms with van der Waals surface area (Å²) >= 11 is 5.41. The molecule has 0 aromatic carbocycles. The molecule has 13 heavy (non-hydrogen) atoms. The summed E-state index contributed by atoms with van der Waals surface area (Å²) in [6.07, 6.45) is 0.883. The van der Waals surface area contributed by atoms with Gasteiger partial charge in [0.2, 0.25) is 0 Å². The van der Waals surface area contributed by atoms with E-state index in [9.17, 15) is 4.79 Å². The molecule has 0 radical (unpaired) electrons. The van der Waals surface area contributed by atoms with Gasteiger partial charge in [0, 0.05) is 17.0 Å². The second-order valence-corrected chi connectivity index (χ2v) is 3.89. The Hall–Kier alpha value is -0.540. The van der Waals surface area contributed by atoms with Crippen molar-refractivity contribution < 1.29 is 9.90 Å². The van der Waals surface area contributed by atoms with E-state index in [0.29, 0.717) is 5.88 Å². The first-order valence-corrected chi connectivity index (χ1v) is 4.48. The van der Waals surface area contributed by atoms with E-state index in [1.54, 1.807) is 0 Å². The number of carboxylic acids is 1. The smallest absolute Gasteiger partial charge is 0.330 e. The van der Waals surface area contributed by atoms with E-state index < -0.39 is 5.97 Å². The normalized spacial score (nSPS) is 9.92. The van der Waals surface area contributed by atoms with Crippen molar-refractivity contribution in [2.45, 2.75) is 32.7 Å². The molecule has 3 N–H and O–H groups in total. The Labute approximate surface area is 84.6 Å². The number of hydrogen-bond acceptors (Lipinski definition) is 2. The zero-order valence-electron chi connectivity index (χ0n) is 8.43. The number of halogens is 1. The van der Waals surface area contributed by atoms with Crippen LogP contribution in [0.25, 0.3) is 0 Å². The largest absolute Gasteiger partial charge is 0.478 e. The molecule has 0 atom stereocenters. The van der Waals surface area contributed by atoms with Crippen LogP contribution in [0.4, 0.5) is 0 Å². The first-order chi connectivity index (χ1) is 5.70. The zero-order valence-corrected chi connectivity index (χ0v) is 9.19. The average Bonchev–Trinajstić information content (AvgIpc) is 1.85. The zero-order chi connectivity index (χ0) is 11.1. The first kappa shape index (κ1) is 15.0. The highest BCUT2D eigenvalue weighted by Crippen LogP contribution is 2.03. The summed E-state index contributed by atoms with van der Waals surface area (Å²) in [6, 6.07) is 0. The molecular weight excluding hydrogens is 190 g/mol. The summed E-state index contributed by atoms with van der Waals surface area (Å²) in [5, 5.41) is 7.89. The van der Waals surface area contributed by atoms with Gasteiger partial charge in [-0.05, 0) is 27.2 Å². The summed E-state index contributed by atoms with van der Waals surface area (Å²) in [4.78, 5) is 9.60. The van der Waals surface area contributed by atoms with Gasteiger partial charge in [-0.2, -0.15) is 0 Å². The third-order valence-electron chi connectivity index (χ3n) is 1.10. The highest BCUT2D eigenvalue weighted by atomic mass is 35.5. The van der Waals surface area contributed by atoms with E-state index >= 15 is 0 Å². The first-order valence-electron chi connectivity index (χ1n) is 3.94. The molecule has 0 saturated heterocycles. The van der Waals surface area contributed by atoms with Crippen molar-refractivity contribution in [1.29, 1.82) is 0 Å². The number of alkyl halides is 1. The van der Waals surface area contributed by atoms with Crippen molar-refractivity contribution in [3.05, 3.63) is 12.2 Å². The lowest BCUT2D eigenvalue weighted by atomic mass is 10.0. The Balaban J connectivity index is 0. The standard InChI is InChI=1S/C5H12ClN.C4H6O2/c1-5(2,7)3-4-6;1-3(2)4(5)6/h3-4,7H2,1-2H3;1H2,2H3,(H,5,6). The van der Waals surface area contributed by atoms with Gasteiger partial charge in [0.05, 0.1) is 0 Å². The molecule has 78 valence electrons. The van der Waals surface area contributed by atoms with Crippen LogP contribution in [0.15, 0.2) is 12.2 Å². The van der Waals surface area contributed by atoms with Gasteiger partial charge < -0.3 is 10.8 Å². The van der Waals surface area contributed by atoms with Crippen LogP contribution in [0.1, 0.15) is 27.2 Å². The number of rotatable bonds is 3. The van der Waals surface area contributed by atoms with Gasteiger partial charge in [-0.15, -0.1) is 11.6 Å². The molecule has 0 saturated carbocycles. The number of carbonyl (C=O) groups is 1. The fourth-order valence-electron chi connectivity index (χ4n) is 0.244. The summed E-state index contributed by atoms with van der Waals surface area (Å²) in [6.45, 7) is 8.54. The number of nitrogens with two attached hydrogens (primary N) is 1. The summed E-state index contributed by atoms with van der Waals surface area (Å²) < 4.78 is 0. The minimum Gasteiger partial charge on any atom is -0.478 e.